The highest BCUT2D eigenvalue weighted by atomic mass is 32.2. The van der Waals surface area contributed by atoms with Gasteiger partial charge in [-0.05, 0) is 44.2 Å². The SMILES string of the molecule is Cc1ccccc1N(CC(=O)NC1CCN(C(=O)NC2CCCCC2)CC1)S(C)(=O)=O. The minimum absolute atomic E-state index is 0.0144. The van der Waals surface area contributed by atoms with Gasteiger partial charge in [0.25, 0.3) is 0 Å². The van der Waals surface area contributed by atoms with Crippen molar-refractivity contribution in [2.75, 3.05) is 30.2 Å². The van der Waals surface area contributed by atoms with E-state index in [0.717, 1.165) is 29.0 Å². The molecule has 1 aliphatic heterocycles. The topological polar surface area (TPSA) is 98.8 Å². The molecule has 3 rings (SSSR count). The van der Waals surface area contributed by atoms with Crippen LogP contribution in [0, 0.1) is 6.92 Å². The maximum atomic E-state index is 12.6. The van der Waals surface area contributed by atoms with Crippen LogP contribution in [-0.4, -0.2) is 63.2 Å². The molecule has 0 aromatic heterocycles. The molecule has 172 valence electrons. The molecular weight excluding hydrogens is 416 g/mol. The Balaban J connectivity index is 1.50. The van der Waals surface area contributed by atoms with Crippen LogP contribution in [0.15, 0.2) is 24.3 Å². The summed E-state index contributed by atoms with van der Waals surface area (Å²) >= 11 is 0. The second kappa shape index (κ2) is 10.3. The number of carbonyl (C=O) groups excluding carboxylic acids is 2. The van der Waals surface area contributed by atoms with Crippen LogP contribution in [0.1, 0.15) is 50.5 Å². The molecule has 2 N–H and O–H groups in total. The molecule has 1 aromatic rings. The highest BCUT2D eigenvalue weighted by Crippen LogP contribution is 2.22. The number of sulfonamides is 1. The molecule has 2 aliphatic rings. The number of rotatable bonds is 6. The largest absolute Gasteiger partial charge is 0.352 e. The summed E-state index contributed by atoms with van der Waals surface area (Å²) in [6.07, 6.45) is 8.12. The van der Waals surface area contributed by atoms with Crippen molar-refractivity contribution < 1.29 is 18.0 Å². The van der Waals surface area contributed by atoms with Crippen molar-refractivity contribution >= 4 is 27.6 Å². The molecule has 8 nitrogen and oxygen atoms in total. The molecule has 9 heteroatoms. The Morgan fingerprint density at radius 1 is 1.00 bits per heavy atom. The maximum Gasteiger partial charge on any atom is 0.317 e. The van der Waals surface area contributed by atoms with E-state index < -0.39 is 10.0 Å². The van der Waals surface area contributed by atoms with Crippen molar-refractivity contribution in [3.8, 4) is 0 Å². The zero-order chi connectivity index (χ0) is 22.4. The third kappa shape index (κ3) is 6.59. The van der Waals surface area contributed by atoms with Crippen LogP contribution in [0.5, 0.6) is 0 Å². The quantitative estimate of drug-likeness (QED) is 0.695. The number of carbonyl (C=O) groups is 2. The summed E-state index contributed by atoms with van der Waals surface area (Å²) in [4.78, 5) is 26.9. The average Bonchev–Trinajstić information content (AvgIpc) is 2.73. The first-order valence-corrected chi connectivity index (χ1v) is 13.0. The summed E-state index contributed by atoms with van der Waals surface area (Å²) in [6.45, 7) is 2.72. The number of nitrogens with one attached hydrogen (secondary N) is 2. The fourth-order valence-electron chi connectivity index (χ4n) is 4.37. The molecule has 1 saturated heterocycles. The molecule has 2 fully saturated rings. The van der Waals surface area contributed by atoms with Gasteiger partial charge in [-0.3, -0.25) is 9.10 Å². The second-order valence-electron chi connectivity index (χ2n) is 8.67. The van der Waals surface area contributed by atoms with Gasteiger partial charge in [0, 0.05) is 25.2 Å². The van der Waals surface area contributed by atoms with E-state index in [9.17, 15) is 18.0 Å². The Bertz CT molecular complexity index is 875. The number of hydrogen-bond donors (Lipinski definition) is 2. The molecule has 3 amide bonds. The van der Waals surface area contributed by atoms with Gasteiger partial charge < -0.3 is 15.5 Å². The van der Waals surface area contributed by atoms with Crippen molar-refractivity contribution in [1.82, 2.24) is 15.5 Å². The van der Waals surface area contributed by atoms with Gasteiger partial charge >= 0.3 is 6.03 Å². The van der Waals surface area contributed by atoms with Crippen LogP contribution in [0.3, 0.4) is 0 Å². The van der Waals surface area contributed by atoms with Crippen molar-refractivity contribution in [3.63, 3.8) is 0 Å². The van der Waals surface area contributed by atoms with Crippen molar-refractivity contribution in [1.29, 1.82) is 0 Å². The van der Waals surface area contributed by atoms with E-state index in [2.05, 4.69) is 10.6 Å². The maximum absolute atomic E-state index is 12.6. The van der Waals surface area contributed by atoms with Gasteiger partial charge in [-0.2, -0.15) is 0 Å². The summed E-state index contributed by atoms with van der Waals surface area (Å²) in [5, 5.41) is 6.08. The molecule has 0 atom stereocenters. The van der Waals surface area contributed by atoms with Gasteiger partial charge in [-0.15, -0.1) is 0 Å². The molecular formula is C22H34N4O4S. The summed E-state index contributed by atoms with van der Waals surface area (Å²) in [7, 11) is -3.60. The van der Waals surface area contributed by atoms with Gasteiger partial charge in [0.05, 0.1) is 11.9 Å². The number of amides is 3. The standard InChI is InChI=1S/C22H34N4O4S/c1-17-8-6-7-11-20(17)26(31(2,29)30)16-21(27)23-19-12-14-25(15-13-19)22(28)24-18-9-4-3-5-10-18/h6-8,11,18-19H,3-5,9-10,12-16H2,1-2H3,(H,23,27)(H,24,28). The van der Waals surface area contributed by atoms with E-state index in [1.807, 2.05) is 24.0 Å². The Labute approximate surface area is 185 Å². The number of para-hydroxylation sites is 1. The van der Waals surface area contributed by atoms with E-state index in [4.69, 9.17) is 0 Å². The van der Waals surface area contributed by atoms with Crippen LogP contribution in [0.2, 0.25) is 0 Å². The smallest absolute Gasteiger partial charge is 0.317 e. The minimum atomic E-state index is -3.60. The first kappa shape index (κ1) is 23.4. The molecule has 1 saturated carbocycles. The van der Waals surface area contributed by atoms with Gasteiger partial charge in [-0.25, -0.2) is 13.2 Å². The van der Waals surface area contributed by atoms with Crippen LogP contribution in [-0.2, 0) is 14.8 Å². The first-order chi connectivity index (χ1) is 14.7. The normalized spacial score (nSPS) is 18.5. The van der Waals surface area contributed by atoms with E-state index in [0.29, 0.717) is 31.6 Å². The predicted molar refractivity (Wildman–Crippen MR) is 122 cm³/mol. The lowest BCUT2D eigenvalue weighted by molar-refractivity contribution is -0.120. The van der Waals surface area contributed by atoms with Crippen molar-refractivity contribution in [2.45, 2.75) is 64.0 Å². The lowest BCUT2D eigenvalue weighted by atomic mass is 9.95. The van der Waals surface area contributed by atoms with Crippen LogP contribution >= 0.6 is 0 Å². The Hall–Kier alpha value is -2.29. The Morgan fingerprint density at radius 3 is 2.23 bits per heavy atom. The third-order valence-electron chi connectivity index (χ3n) is 6.15. The van der Waals surface area contributed by atoms with E-state index in [1.165, 1.54) is 19.3 Å². The number of aryl methyl sites for hydroxylation is 1. The molecule has 1 aromatic carbocycles. The lowest BCUT2D eigenvalue weighted by Crippen LogP contribution is -2.52. The fourth-order valence-corrected chi connectivity index (χ4v) is 5.28. The molecule has 0 spiro atoms. The summed E-state index contributed by atoms with van der Waals surface area (Å²) in [5.74, 6) is -0.334. The summed E-state index contributed by atoms with van der Waals surface area (Å²) in [5.41, 5.74) is 1.30. The number of hydrogen-bond acceptors (Lipinski definition) is 4. The summed E-state index contributed by atoms with van der Waals surface area (Å²) < 4.78 is 25.7. The molecule has 1 aliphatic carbocycles. The number of benzene rings is 1. The van der Waals surface area contributed by atoms with Gasteiger partial charge in [-0.1, -0.05) is 37.5 Å². The molecule has 1 heterocycles. The molecule has 0 unspecified atom stereocenters. The number of piperidine rings is 1. The van der Waals surface area contributed by atoms with Crippen LogP contribution in [0.4, 0.5) is 10.5 Å². The number of nitrogens with zero attached hydrogens (tertiary/aromatic N) is 2. The Kier molecular flexibility index (Phi) is 7.80. The van der Waals surface area contributed by atoms with E-state index >= 15 is 0 Å². The van der Waals surface area contributed by atoms with Crippen LogP contribution in [0.25, 0.3) is 0 Å². The summed E-state index contributed by atoms with van der Waals surface area (Å²) in [6, 6.07) is 7.31. The van der Waals surface area contributed by atoms with Gasteiger partial charge in [0.15, 0.2) is 0 Å². The van der Waals surface area contributed by atoms with Crippen molar-refractivity contribution in [2.24, 2.45) is 0 Å². The highest BCUT2D eigenvalue weighted by molar-refractivity contribution is 7.92. The Morgan fingerprint density at radius 2 is 1.61 bits per heavy atom. The van der Waals surface area contributed by atoms with E-state index in [-0.39, 0.29) is 30.6 Å². The number of anilines is 1. The zero-order valence-electron chi connectivity index (χ0n) is 18.5. The lowest BCUT2D eigenvalue weighted by Gasteiger charge is -2.34. The van der Waals surface area contributed by atoms with Crippen LogP contribution < -0.4 is 14.9 Å². The van der Waals surface area contributed by atoms with Gasteiger partial charge in [0.2, 0.25) is 15.9 Å². The second-order valence-corrected chi connectivity index (χ2v) is 10.6. The number of likely N-dealkylation sites (tertiary alicyclic amines) is 1. The van der Waals surface area contributed by atoms with Gasteiger partial charge in [0.1, 0.15) is 6.54 Å². The monoisotopic (exact) mass is 450 g/mol. The van der Waals surface area contributed by atoms with Crippen molar-refractivity contribution in [3.05, 3.63) is 29.8 Å². The average molecular weight is 451 g/mol. The first-order valence-electron chi connectivity index (χ1n) is 11.1. The number of urea groups is 1. The predicted octanol–water partition coefficient (Wildman–Crippen LogP) is 2.38. The van der Waals surface area contributed by atoms with E-state index in [1.54, 1.807) is 12.1 Å². The molecule has 0 bridgehead atoms. The fraction of sp³-hybridized carbons (Fsp3) is 0.636. The third-order valence-corrected chi connectivity index (χ3v) is 7.28. The molecule has 0 radical (unpaired) electrons. The zero-order valence-corrected chi connectivity index (χ0v) is 19.3. The minimum Gasteiger partial charge on any atom is -0.352 e. The highest BCUT2D eigenvalue weighted by Gasteiger charge is 2.27. The molecule has 31 heavy (non-hydrogen) atoms.